The third kappa shape index (κ3) is 2.73. The van der Waals surface area contributed by atoms with E-state index in [1.54, 1.807) is 0 Å². The Hall–Kier alpha value is 0.828. The predicted octanol–water partition coefficient (Wildman–Crippen LogP) is 4.36. The molecule has 5 heteroatoms. The highest BCUT2D eigenvalue weighted by molar-refractivity contribution is 7.24. The van der Waals surface area contributed by atoms with Gasteiger partial charge in [-0.2, -0.15) is 0 Å². The van der Waals surface area contributed by atoms with Crippen LogP contribution in [0.2, 0.25) is 69.4 Å². The number of hydrogen-bond acceptors (Lipinski definition) is 1. The molecule has 0 aromatic rings. The molecule has 0 aliphatic rings. The fourth-order valence-electron chi connectivity index (χ4n) is 5.52. The van der Waals surface area contributed by atoms with Gasteiger partial charge in [0.15, 0.2) is 8.32 Å². The van der Waals surface area contributed by atoms with Crippen molar-refractivity contribution in [1.29, 1.82) is 0 Å². The second-order valence-corrected chi connectivity index (χ2v) is 29.4. The lowest BCUT2D eigenvalue weighted by molar-refractivity contribution is 0.401. The van der Waals surface area contributed by atoms with Crippen LogP contribution in [-0.4, -0.2) is 40.4 Å². The monoisotopic (exact) mass is 306 g/mol. The lowest BCUT2D eigenvalue weighted by atomic mass is 11.6. The highest BCUT2D eigenvalue weighted by Gasteiger charge is 2.64. The van der Waals surface area contributed by atoms with Crippen molar-refractivity contribution in [2.24, 2.45) is 0 Å². The Bertz CT molecular complexity index is 247. The first kappa shape index (κ1) is 17.8. The van der Waals surface area contributed by atoms with Gasteiger partial charge < -0.3 is 4.43 Å². The van der Waals surface area contributed by atoms with Gasteiger partial charge in [-0.1, -0.05) is 52.4 Å². The zero-order chi connectivity index (χ0) is 14.3. The van der Waals surface area contributed by atoms with E-state index in [9.17, 15) is 0 Å². The van der Waals surface area contributed by atoms with Crippen LogP contribution in [0.1, 0.15) is 0 Å². The van der Waals surface area contributed by atoms with Crippen LogP contribution in [0, 0.1) is 0 Å². The lowest BCUT2D eigenvalue weighted by Gasteiger charge is -2.61. The molecule has 0 spiro atoms. The van der Waals surface area contributed by atoms with Crippen molar-refractivity contribution in [1.82, 2.24) is 0 Å². The molecule has 0 fully saturated rings. The standard InChI is InChI=1S/C12H34OSi4/c1-13-17(10,11)12(14(2)3,15(4,5)6)16(7,8)9/h14H,1-11H3. The number of rotatable bonds is 5. The molecule has 17 heavy (non-hydrogen) atoms. The van der Waals surface area contributed by atoms with Gasteiger partial charge in [0.1, 0.15) is 0 Å². The van der Waals surface area contributed by atoms with Crippen molar-refractivity contribution in [3.63, 3.8) is 0 Å². The molecule has 0 aromatic heterocycles. The quantitative estimate of drug-likeness (QED) is 0.686. The maximum Gasteiger partial charge on any atom is 0.184 e. The van der Waals surface area contributed by atoms with Gasteiger partial charge in [0.05, 0.1) is 0 Å². The van der Waals surface area contributed by atoms with Gasteiger partial charge in [0.2, 0.25) is 0 Å². The summed E-state index contributed by atoms with van der Waals surface area (Å²) in [7, 11) is -2.85. The summed E-state index contributed by atoms with van der Waals surface area (Å²) >= 11 is 0. The van der Waals surface area contributed by atoms with Crippen LogP contribution in [0.3, 0.4) is 0 Å². The van der Waals surface area contributed by atoms with Crippen LogP contribution in [-0.2, 0) is 4.43 Å². The highest BCUT2D eigenvalue weighted by atomic mass is 28.5. The summed E-state index contributed by atoms with van der Waals surface area (Å²) in [5.41, 5.74) is 0. The second kappa shape index (κ2) is 5.07. The molecule has 0 saturated heterocycles. The molecule has 0 rings (SSSR count). The first-order chi connectivity index (χ1) is 7.25. The largest absolute Gasteiger partial charge is 0.421 e. The average Bonchev–Trinajstić information content (AvgIpc) is 1.97. The lowest BCUT2D eigenvalue weighted by Crippen LogP contribution is -2.72. The molecule has 0 unspecified atom stereocenters. The fourth-order valence-corrected chi connectivity index (χ4v) is 49.7. The molecular formula is C12H34OSi4. The van der Waals surface area contributed by atoms with Crippen molar-refractivity contribution in [3.05, 3.63) is 0 Å². The van der Waals surface area contributed by atoms with Gasteiger partial charge >= 0.3 is 0 Å². The third-order valence-corrected chi connectivity index (χ3v) is 39.2. The van der Waals surface area contributed by atoms with Crippen LogP contribution in [0.4, 0.5) is 0 Å². The van der Waals surface area contributed by atoms with E-state index in [1.807, 2.05) is 7.11 Å². The predicted molar refractivity (Wildman–Crippen MR) is 92.8 cm³/mol. The fraction of sp³-hybridized carbons (Fsp3) is 1.00. The molecule has 0 aromatic carbocycles. The molecule has 0 radical (unpaired) electrons. The minimum Gasteiger partial charge on any atom is -0.421 e. The minimum atomic E-state index is -1.61. The van der Waals surface area contributed by atoms with E-state index in [0.29, 0.717) is 3.91 Å². The van der Waals surface area contributed by atoms with Gasteiger partial charge in [-0.25, -0.2) is 0 Å². The molecule has 0 bridgehead atoms. The van der Waals surface area contributed by atoms with Gasteiger partial charge in [-0.05, 0) is 17.0 Å². The van der Waals surface area contributed by atoms with Crippen LogP contribution >= 0.6 is 0 Å². The molecule has 0 N–H and O–H groups in total. The van der Waals surface area contributed by atoms with E-state index in [2.05, 4.69) is 65.5 Å². The van der Waals surface area contributed by atoms with Crippen molar-refractivity contribution in [2.75, 3.05) is 7.11 Å². The Morgan fingerprint density at radius 1 is 0.765 bits per heavy atom. The molecule has 0 saturated carbocycles. The summed E-state index contributed by atoms with van der Waals surface area (Å²) in [4.78, 5) is 0. The second-order valence-electron chi connectivity index (χ2n) is 8.18. The van der Waals surface area contributed by atoms with Gasteiger partial charge in [0, 0.05) is 32.1 Å². The summed E-state index contributed by atoms with van der Waals surface area (Å²) in [6, 6.07) is 0. The molecule has 0 heterocycles. The van der Waals surface area contributed by atoms with Gasteiger partial charge in [-0.3, -0.25) is 0 Å². The SMILES string of the molecule is CO[Si](C)(C)C([SiH](C)C)([Si](C)(C)C)[Si](C)(C)C. The van der Waals surface area contributed by atoms with Crippen LogP contribution in [0.5, 0.6) is 0 Å². The Morgan fingerprint density at radius 3 is 1.12 bits per heavy atom. The molecule has 104 valence electrons. The first-order valence-electron chi connectivity index (χ1n) is 6.81. The van der Waals surface area contributed by atoms with Gasteiger partial charge in [0.25, 0.3) is 0 Å². The van der Waals surface area contributed by atoms with Gasteiger partial charge in [-0.15, -0.1) is 0 Å². The van der Waals surface area contributed by atoms with E-state index in [0.717, 1.165) is 0 Å². The average molecular weight is 307 g/mol. The molecule has 0 atom stereocenters. The van der Waals surface area contributed by atoms with Crippen molar-refractivity contribution >= 4 is 33.3 Å². The van der Waals surface area contributed by atoms with Crippen molar-refractivity contribution in [3.8, 4) is 0 Å². The summed E-state index contributed by atoms with van der Waals surface area (Å²) in [5.74, 6) is 0. The molecule has 0 aliphatic carbocycles. The summed E-state index contributed by atoms with van der Waals surface area (Å²) in [5, 5.41) is 0. The van der Waals surface area contributed by atoms with E-state index in [1.165, 1.54) is 0 Å². The minimum absolute atomic E-state index is 0.655. The topological polar surface area (TPSA) is 9.23 Å². The highest BCUT2D eigenvalue weighted by Crippen LogP contribution is 2.55. The summed E-state index contributed by atoms with van der Waals surface area (Å²) in [6.45, 7) is 25.6. The molecule has 0 amide bonds. The van der Waals surface area contributed by atoms with Crippen LogP contribution < -0.4 is 0 Å². The maximum atomic E-state index is 6.16. The van der Waals surface area contributed by atoms with Crippen molar-refractivity contribution in [2.45, 2.75) is 69.4 Å². The van der Waals surface area contributed by atoms with E-state index < -0.39 is 33.3 Å². The van der Waals surface area contributed by atoms with E-state index >= 15 is 0 Å². The van der Waals surface area contributed by atoms with E-state index in [4.69, 9.17) is 4.43 Å². The normalized spacial score (nSPS) is 15.5. The Kier molecular flexibility index (Phi) is 5.32. The zero-order valence-corrected chi connectivity index (χ0v) is 18.1. The van der Waals surface area contributed by atoms with E-state index in [-0.39, 0.29) is 0 Å². The summed E-state index contributed by atoms with van der Waals surface area (Å²) in [6.07, 6.45) is 0. The Balaban J connectivity index is 6.16. The smallest absolute Gasteiger partial charge is 0.184 e. The Labute approximate surface area is 114 Å². The molecule has 0 aliphatic heterocycles. The Morgan fingerprint density at radius 2 is 1.06 bits per heavy atom. The van der Waals surface area contributed by atoms with Crippen molar-refractivity contribution < 1.29 is 4.43 Å². The van der Waals surface area contributed by atoms with Crippen LogP contribution in [0.25, 0.3) is 0 Å². The molecule has 1 nitrogen and oxygen atoms in total. The molecular weight excluding hydrogens is 272 g/mol. The maximum absolute atomic E-state index is 6.16. The van der Waals surface area contributed by atoms with Crippen LogP contribution in [0.15, 0.2) is 0 Å². The number of hydrogen-bond donors (Lipinski definition) is 0. The summed E-state index contributed by atoms with van der Waals surface area (Å²) < 4.78 is 6.82. The third-order valence-electron chi connectivity index (χ3n) is 4.69. The zero-order valence-electron chi connectivity index (χ0n) is 14.0. The first-order valence-corrected chi connectivity index (χ1v) is 19.6.